The molecular formula is C23H30N2O3. The van der Waals surface area contributed by atoms with Crippen molar-refractivity contribution in [1.29, 1.82) is 0 Å². The molecule has 2 heterocycles. The number of hydrogen-bond donors (Lipinski definition) is 1. The number of fused-ring (bicyclic) bond motifs is 1. The molecule has 0 saturated carbocycles. The van der Waals surface area contributed by atoms with Crippen LogP contribution in [0, 0.1) is 6.92 Å². The molecule has 1 saturated heterocycles. The minimum atomic E-state index is 0.229. The molecule has 0 radical (unpaired) electrons. The van der Waals surface area contributed by atoms with Gasteiger partial charge in [0.2, 0.25) is 0 Å². The summed E-state index contributed by atoms with van der Waals surface area (Å²) in [6.45, 7) is 8.52. The van der Waals surface area contributed by atoms with Gasteiger partial charge >= 0.3 is 0 Å². The Labute approximate surface area is 167 Å². The standard InChI is InChI=1S/C23H30N2O3/c1-18-4-2-3-5-20(18)16-25-10-9-24(17-21(25)8-11-26)15-19-6-7-22-23(14-19)28-13-12-27-22/h2-7,14,21,26H,8-13,15-17H2,1H3. The summed E-state index contributed by atoms with van der Waals surface area (Å²) in [5, 5.41) is 9.59. The number of aryl methyl sites for hydroxylation is 1. The molecule has 2 aromatic carbocycles. The fraction of sp³-hybridized carbons (Fsp3) is 0.478. The Hall–Kier alpha value is -2.08. The normalized spacial score (nSPS) is 20.3. The van der Waals surface area contributed by atoms with Gasteiger partial charge < -0.3 is 14.6 Å². The number of rotatable bonds is 6. The highest BCUT2D eigenvalue weighted by molar-refractivity contribution is 5.43. The Morgan fingerprint density at radius 2 is 1.82 bits per heavy atom. The van der Waals surface area contributed by atoms with Crippen molar-refractivity contribution < 1.29 is 14.6 Å². The molecule has 0 amide bonds. The second-order valence-corrected chi connectivity index (χ2v) is 7.78. The number of piperazine rings is 1. The third kappa shape index (κ3) is 4.49. The van der Waals surface area contributed by atoms with Gasteiger partial charge in [-0.15, -0.1) is 0 Å². The van der Waals surface area contributed by atoms with E-state index in [2.05, 4.69) is 53.1 Å². The van der Waals surface area contributed by atoms with Crippen LogP contribution in [0.2, 0.25) is 0 Å². The number of hydrogen-bond acceptors (Lipinski definition) is 5. The van der Waals surface area contributed by atoms with Crippen LogP contribution in [-0.2, 0) is 13.1 Å². The first-order chi connectivity index (χ1) is 13.7. The Kier molecular flexibility index (Phi) is 6.15. The lowest BCUT2D eigenvalue weighted by atomic mass is 10.0. The molecule has 2 aliphatic heterocycles. The second kappa shape index (κ2) is 8.95. The fourth-order valence-electron chi connectivity index (χ4n) is 4.18. The summed E-state index contributed by atoms with van der Waals surface area (Å²) >= 11 is 0. The molecule has 0 spiro atoms. The summed E-state index contributed by atoms with van der Waals surface area (Å²) < 4.78 is 11.3. The van der Waals surface area contributed by atoms with Crippen LogP contribution in [0.4, 0.5) is 0 Å². The number of aliphatic hydroxyl groups excluding tert-OH is 1. The molecule has 0 bridgehead atoms. The van der Waals surface area contributed by atoms with Crippen molar-refractivity contribution in [3.63, 3.8) is 0 Å². The minimum absolute atomic E-state index is 0.229. The number of nitrogens with zero attached hydrogens (tertiary/aromatic N) is 2. The first-order valence-corrected chi connectivity index (χ1v) is 10.2. The Morgan fingerprint density at radius 1 is 1.00 bits per heavy atom. The molecule has 0 aliphatic carbocycles. The summed E-state index contributed by atoms with van der Waals surface area (Å²) in [6.07, 6.45) is 0.809. The maximum Gasteiger partial charge on any atom is 0.161 e. The zero-order chi connectivity index (χ0) is 19.3. The van der Waals surface area contributed by atoms with Crippen LogP contribution >= 0.6 is 0 Å². The van der Waals surface area contributed by atoms with Gasteiger partial charge in [-0.3, -0.25) is 9.80 Å². The third-order valence-electron chi connectivity index (χ3n) is 5.80. The van der Waals surface area contributed by atoms with Crippen LogP contribution in [0.5, 0.6) is 11.5 Å². The summed E-state index contributed by atoms with van der Waals surface area (Å²) in [4.78, 5) is 5.01. The van der Waals surface area contributed by atoms with Crippen molar-refractivity contribution >= 4 is 0 Å². The number of benzene rings is 2. The minimum Gasteiger partial charge on any atom is -0.486 e. The lowest BCUT2D eigenvalue weighted by Gasteiger charge is -2.41. The van der Waals surface area contributed by atoms with Crippen molar-refractivity contribution in [3.05, 3.63) is 59.2 Å². The summed E-state index contributed by atoms with van der Waals surface area (Å²) in [7, 11) is 0. The molecule has 2 aliphatic rings. The maximum atomic E-state index is 9.59. The Bertz CT molecular complexity index is 795. The monoisotopic (exact) mass is 382 g/mol. The van der Waals surface area contributed by atoms with Crippen LogP contribution in [0.25, 0.3) is 0 Å². The van der Waals surface area contributed by atoms with E-state index in [1.807, 2.05) is 6.07 Å². The molecule has 4 rings (SSSR count). The van der Waals surface area contributed by atoms with Gasteiger partial charge in [0.1, 0.15) is 13.2 Å². The molecular weight excluding hydrogens is 352 g/mol. The topological polar surface area (TPSA) is 45.2 Å². The van der Waals surface area contributed by atoms with Gasteiger partial charge in [0, 0.05) is 45.4 Å². The van der Waals surface area contributed by atoms with E-state index in [4.69, 9.17) is 9.47 Å². The maximum absolute atomic E-state index is 9.59. The number of aliphatic hydroxyl groups is 1. The van der Waals surface area contributed by atoms with Crippen LogP contribution in [0.15, 0.2) is 42.5 Å². The van der Waals surface area contributed by atoms with E-state index in [0.29, 0.717) is 19.3 Å². The zero-order valence-electron chi connectivity index (χ0n) is 16.6. The van der Waals surface area contributed by atoms with E-state index < -0.39 is 0 Å². The van der Waals surface area contributed by atoms with E-state index in [-0.39, 0.29) is 6.61 Å². The van der Waals surface area contributed by atoms with Crippen molar-refractivity contribution in [2.45, 2.75) is 32.5 Å². The molecule has 1 fully saturated rings. The first-order valence-electron chi connectivity index (χ1n) is 10.2. The van der Waals surface area contributed by atoms with Gasteiger partial charge in [-0.25, -0.2) is 0 Å². The molecule has 28 heavy (non-hydrogen) atoms. The lowest BCUT2D eigenvalue weighted by molar-refractivity contribution is 0.0498. The summed E-state index contributed by atoms with van der Waals surface area (Å²) in [6, 6.07) is 15.2. The van der Waals surface area contributed by atoms with Gasteiger partial charge in [0.15, 0.2) is 11.5 Å². The molecule has 0 aromatic heterocycles. The van der Waals surface area contributed by atoms with Gasteiger partial charge in [-0.2, -0.15) is 0 Å². The third-order valence-corrected chi connectivity index (χ3v) is 5.80. The van der Waals surface area contributed by atoms with E-state index in [0.717, 1.165) is 50.6 Å². The smallest absolute Gasteiger partial charge is 0.161 e. The lowest BCUT2D eigenvalue weighted by Crippen LogP contribution is -2.52. The van der Waals surface area contributed by atoms with E-state index in [1.54, 1.807) is 0 Å². The SMILES string of the molecule is Cc1ccccc1CN1CCN(Cc2ccc3c(c2)OCCO3)CC1CCO. The van der Waals surface area contributed by atoms with Crippen LogP contribution in [0.1, 0.15) is 23.1 Å². The van der Waals surface area contributed by atoms with Gasteiger partial charge in [0.25, 0.3) is 0 Å². The molecule has 5 nitrogen and oxygen atoms in total. The van der Waals surface area contributed by atoms with Gasteiger partial charge in [-0.05, 0) is 42.2 Å². The highest BCUT2D eigenvalue weighted by atomic mass is 16.6. The molecule has 1 unspecified atom stereocenters. The van der Waals surface area contributed by atoms with Crippen molar-refractivity contribution in [3.8, 4) is 11.5 Å². The number of ether oxygens (including phenoxy) is 2. The van der Waals surface area contributed by atoms with Crippen molar-refractivity contribution in [1.82, 2.24) is 9.80 Å². The van der Waals surface area contributed by atoms with Crippen molar-refractivity contribution in [2.75, 3.05) is 39.5 Å². The predicted octanol–water partition coefficient (Wildman–Crippen LogP) is 2.84. The molecule has 1 N–H and O–H groups in total. The second-order valence-electron chi connectivity index (χ2n) is 7.78. The molecule has 2 aromatic rings. The average molecular weight is 383 g/mol. The van der Waals surface area contributed by atoms with Crippen LogP contribution in [-0.4, -0.2) is 60.4 Å². The predicted molar refractivity (Wildman–Crippen MR) is 110 cm³/mol. The van der Waals surface area contributed by atoms with Crippen molar-refractivity contribution in [2.24, 2.45) is 0 Å². The molecule has 150 valence electrons. The Morgan fingerprint density at radius 3 is 2.64 bits per heavy atom. The molecule has 1 atom stereocenters. The first kappa shape index (κ1) is 19.2. The zero-order valence-corrected chi connectivity index (χ0v) is 16.6. The van der Waals surface area contributed by atoms with Crippen LogP contribution in [0.3, 0.4) is 0 Å². The van der Waals surface area contributed by atoms with Crippen LogP contribution < -0.4 is 9.47 Å². The summed E-state index contributed by atoms with van der Waals surface area (Å²) in [5.41, 5.74) is 3.97. The van der Waals surface area contributed by atoms with Gasteiger partial charge in [0.05, 0.1) is 0 Å². The average Bonchev–Trinajstić information content (AvgIpc) is 2.71. The van der Waals surface area contributed by atoms with E-state index in [9.17, 15) is 5.11 Å². The van der Waals surface area contributed by atoms with E-state index >= 15 is 0 Å². The quantitative estimate of drug-likeness (QED) is 0.832. The molecule has 5 heteroatoms. The summed E-state index contributed by atoms with van der Waals surface area (Å²) in [5.74, 6) is 1.70. The van der Waals surface area contributed by atoms with E-state index in [1.165, 1.54) is 16.7 Å². The van der Waals surface area contributed by atoms with Gasteiger partial charge in [-0.1, -0.05) is 30.3 Å². The largest absolute Gasteiger partial charge is 0.486 e. The fourth-order valence-corrected chi connectivity index (χ4v) is 4.18. The Balaban J connectivity index is 1.40. The highest BCUT2D eigenvalue weighted by Crippen LogP contribution is 2.31. The highest BCUT2D eigenvalue weighted by Gasteiger charge is 2.27.